The van der Waals surface area contributed by atoms with Crippen molar-refractivity contribution in [3.8, 4) is 0 Å². The molecule has 1 aromatic rings. The van der Waals surface area contributed by atoms with Crippen molar-refractivity contribution in [1.29, 1.82) is 0 Å². The summed E-state index contributed by atoms with van der Waals surface area (Å²) < 4.78 is 26.9. The van der Waals surface area contributed by atoms with E-state index in [0.717, 1.165) is 44.7 Å². The van der Waals surface area contributed by atoms with Crippen LogP contribution in [0.4, 0.5) is 8.78 Å². The summed E-state index contributed by atoms with van der Waals surface area (Å²) in [6, 6.07) is 1.24. The third-order valence-electron chi connectivity index (χ3n) is 3.43. The van der Waals surface area contributed by atoms with E-state index in [2.05, 4.69) is 18.8 Å². The van der Waals surface area contributed by atoms with E-state index < -0.39 is 17.7 Å². The topological polar surface area (TPSA) is 33.2 Å². The number of carbonyl (C=O) groups is 1. The number of hydrogen-bond acceptors (Lipinski definition) is 2. The van der Waals surface area contributed by atoms with Crippen molar-refractivity contribution >= 4 is 5.91 Å². The molecule has 0 atom stereocenters. The van der Waals surface area contributed by atoms with Crippen molar-refractivity contribution in [2.75, 3.05) is 13.1 Å². The van der Waals surface area contributed by atoms with Crippen LogP contribution in [0.2, 0.25) is 0 Å². The van der Waals surface area contributed by atoms with Crippen molar-refractivity contribution in [2.45, 2.75) is 52.4 Å². The van der Waals surface area contributed by atoms with Gasteiger partial charge in [0, 0.05) is 19.3 Å². The van der Waals surface area contributed by atoms with Crippen molar-refractivity contribution in [3.63, 3.8) is 0 Å². The van der Waals surface area contributed by atoms with Gasteiger partial charge in [0.2, 0.25) is 5.95 Å². The van der Waals surface area contributed by atoms with E-state index in [-0.39, 0.29) is 5.56 Å². The van der Waals surface area contributed by atoms with E-state index in [1.807, 2.05) is 0 Å². The van der Waals surface area contributed by atoms with Gasteiger partial charge in [0.15, 0.2) is 5.82 Å². The second-order valence-corrected chi connectivity index (χ2v) is 5.17. The average Bonchev–Trinajstić information content (AvgIpc) is 2.48. The molecule has 5 heteroatoms. The van der Waals surface area contributed by atoms with Crippen LogP contribution in [0.15, 0.2) is 12.3 Å². The van der Waals surface area contributed by atoms with E-state index in [0.29, 0.717) is 13.1 Å². The lowest BCUT2D eigenvalue weighted by atomic mass is 10.1. The van der Waals surface area contributed by atoms with Crippen molar-refractivity contribution in [3.05, 3.63) is 29.6 Å². The molecule has 0 N–H and O–H groups in total. The van der Waals surface area contributed by atoms with Crippen LogP contribution in [0, 0.1) is 11.8 Å². The molecule has 1 amide bonds. The minimum absolute atomic E-state index is 0.226. The Balaban J connectivity index is 2.79. The number of aromatic nitrogens is 1. The molecule has 0 aromatic carbocycles. The number of nitrogens with zero attached hydrogens (tertiary/aromatic N) is 2. The molecule has 0 radical (unpaired) electrons. The molecule has 0 spiro atoms. The fourth-order valence-corrected chi connectivity index (χ4v) is 2.17. The van der Waals surface area contributed by atoms with Crippen LogP contribution < -0.4 is 0 Å². The van der Waals surface area contributed by atoms with Gasteiger partial charge in [0.05, 0.1) is 5.56 Å². The van der Waals surface area contributed by atoms with Crippen LogP contribution in [-0.4, -0.2) is 28.9 Å². The van der Waals surface area contributed by atoms with Gasteiger partial charge in [0.25, 0.3) is 5.91 Å². The first kappa shape index (κ1) is 17.5. The van der Waals surface area contributed by atoms with Gasteiger partial charge in [-0.05, 0) is 18.9 Å². The quantitative estimate of drug-likeness (QED) is 0.506. The number of halogens is 2. The number of pyridine rings is 1. The average molecular weight is 298 g/mol. The molecule has 1 rings (SSSR count). The van der Waals surface area contributed by atoms with E-state index in [4.69, 9.17) is 0 Å². The lowest BCUT2D eigenvalue weighted by Gasteiger charge is -2.23. The lowest BCUT2D eigenvalue weighted by molar-refractivity contribution is 0.0743. The first-order valence-corrected chi connectivity index (χ1v) is 7.71. The van der Waals surface area contributed by atoms with E-state index in [9.17, 15) is 13.6 Å². The molecule has 0 saturated carbocycles. The SMILES string of the molecule is CCCCCN(CCCCC)C(=O)c1ccnc(F)c1F. The number of hydrogen-bond donors (Lipinski definition) is 0. The Morgan fingerprint density at radius 1 is 1.10 bits per heavy atom. The Bertz CT molecular complexity index is 442. The van der Waals surface area contributed by atoms with E-state index in [1.165, 1.54) is 6.07 Å². The van der Waals surface area contributed by atoms with Crippen LogP contribution in [-0.2, 0) is 0 Å². The zero-order valence-corrected chi connectivity index (χ0v) is 12.9. The molecule has 0 aliphatic carbocycles. The molecular weight excluding hydrogens is 274 g/mol. The molecule has 0 saturated heterocycles. The Morgan fingerprint density at radius 3 is 2.19 bits per heavy atom. The summed E-state index contributed by atoms with van der Waals surface area (Å²) in [5.74, 6) is -2.82. The Morgan fingerprint density at radius 2 is 1.67 bits per heavy atom. The third-order valence-corrected chi connectivity index (χ3v) is 3.43. The normalized spacial score (nSPS) is 10.7. The zero-order valence-electron chi connectivity index (χ0n) is 12.9. The summed E-state index contributed by atoms with van der Waals surface area (Å²) in [6.45, 7) is 5.34. The molecule has 0 unspecified atom stereocenters. The highest BCUT2D eigenvalue weighted by Gasteiger charge is 2.21. The predicted molar refractivity (Wildman–Crippen MR) is 79.1 cm³/mol. The predicted octanol–water partition coefficient (Wildman–Crippen LogP) is 4.18. The van der Waals surface area contributed by atoms with Gasteiger partial charge in [-0.3, -0.25) is 4.79 Å². The summed E-state index contributed by atoms with van der Waals surface area (Å²) in [6.07, 6.45) is 7.02. The standard InChI is InChI=1S/C16H24F2N2O/c1-3-5-7-11-20(12-8-6-4-2)16(21)13-9-10-19-15(18)14(13)17/h9-10H,3-8,11-12H2,1-2H3. The number of unbranched alkanes of at least 4 members (excludes halogenated alkanes) is 4. The van der Waals surface area contributed by atoms with Crippen molar-refractivity contribution in [2.24, 2.45) is 0 Å². The molecule has 0 aliphatic rings. The van der Waals surface area contributed by atoms with E-state index in [1.54, 1.807) is 4.90 Å². The van der Waals surface area contributed by atoms with Gasteiger partial charge in [-0.25, -0.2) is 9.37 Å². The number of rotatable bonds is 9. The summed E-state index contributed by atoms with van der Waals surface area (Å²) in [5, 5.41) is 0. The second kappa shape index (κ2) is 9.42. The Kier molecular flexibility index (Phi) is 7.87. The Labute approximate surface area is 125 Å². The summed E-state index contributed by atoms with van der Waals surface area (Å²) in [7, 11) is 0. The molecule has 0 aliphatic heterocycles. The fourth-order valence-electron chi connectivity index (χ4n) is 2.17. The maximum absolute atomic E-state index is 13.7. The smallest absolute Gasteiger partial charge is 0.257 e. The van der Waals surface area contributed by atoms with Crippen LogP contribution in [0.3, 0.4) is 0 Å². The summed E-state index contributed by atoms with van der Waals surface area (Å²) in [4.78, 5) is 17.2. The molecule has 1 aromatic heterocycles. The minimum atomic E-state index is -1.22. The van der Waals surface area contributed by atoms with Crippen LogP contribution in [0.1, 0.15) is 62.7 Å². The minimum Gasteiger partial charge on any atom is -0.339 e. The number of amides is 1. The molecule has 0 bridgehead atoms. The van der Waals surface area contributed by atoms with Gasteiger partial charge in [-0.2, -0.15) is 4.39 Å². The van der Waals surface area contributed by atoms with Gasteiger partial charge in [0.1, 0.15) is 0 Å². The zero-order chi connectivity index (χ0) is 15.7. The monoisotopic (exact) mass is 298 g/mol. The maximum atomic E-state index is 13.7. The van der Waals surface area contributed by atoms with Crippen LogP contribution in [0.5, 0.6) is 0 Å². The third kappa shape index (κ3) is 5.40. The molecule has 1 heterocycles. The van der Waals surface area contributed by atoms with Gasteiger partial charge in [-0.1, -0.05) is 39.5 Å². The highest BCUT2D eigenvalue weighted by Crippen LogP contribution is 2.14. The van der Waals surface area contributed by atoms with Crippen LogP contribution in [0.25, 0.3) is 0 Å². The highest BCUT2D eigenvalue weighted by atomic mass is 19.2. The molecule has 0 fully saturated rings. The molecule has 3 nitrogen and oxygen atoms in total. The van der Waals surface area contributed by atoms with Gasteiger partial charge in [-0.15, -0.1) is 0 Å². The summed E-state index contributed by atoms with van der Waals surface area (Å²) in [5.41, 5.74) is -0.226. The second-order valence-electron chi connectivity index (χ2n) is 5.17. The molecular formula is C16H24F2N2O. The fraction of sp³-hybridized carbons (Fsp3) is 0.625. The van der Waals surface area contributed by atoms with Gasteiger partial charge >= 0.3 is 0 Å². The first-order chi connectivity index (χ1) is 10.1. The van der Waals surface area contributed by atoms with Gasteiger partial charge < -0.3 is 4.90 Å². The molecule has 21 heavy (non-hydrogen) atoms. The number of carbonyl (C=O) groups excluding carboxylic acids is 1. The van der Waals surface area contributed by atoms with Crippen molar-refractivity contribution in [1.82, 2.24) is 9.88 Å². The highest BCUT2D eigenvalue weighted by molar-refractivity contribution is 5.94. The lowest BCUT2D eigenvalue weighted by Crippen LogP contribution is -2.33. The largest absolute Gasteiger partial charge is 0.339 e. The summed E-state index contributed by atoms with van der Waals surface area (Å²) >= 11 is 0. The first-order valence-electron chi connectivity index (χ1n) is 7.71. The Hall–Kier alpha value is -1.52. The van der Waals surface area contributed by atoms with E-state index >= 15 is 0 Å². The van der Waals surface area contributed by atoms with Crippen molar-refractivity contribution < 1.29 is 13.6 Å². The molecule has 118 valence electrons. The maximum Gasteiger partial charge on any atom is 0.257 e. The van der Waals surface area contributed by atoms with Crippen LogP contribution >= 0.6 is 0 Å².